The van der Waals surface area contributed by atoms with Crippen LogP contribution in [0.4, 0.5) is 0 Å². The molecule has 0 saturated carbocycles. The summed E-state index contributed by atoms with van der Waals surface area (Å²) in [6.45, 7) is 4.31. The van der Waals surface area contributed by atoms with Gasteiger partial charge in [-0.1, -0.05) is 29.3 Å². The van der Waals surface area contributed by atoms with Crippen LogP contribution in [0.25, 0.3) is 0 Å². The van der Waals surface area contributed by atoms with E-state index in [1.54, 1.807) is 11.3 Å². The summed E-state index contributed by atoms with van der Waals surface area (Å²) in [5, 5.41) is 5.64. The van der Waals surface area contributed by atoms with Crippen LogP contribution in [0.15, 0.2) is 29.6 Å². The molecule has 1 aromatic carbocycles. The fourth-order valence-electron chi connectivity index (χ4n) is 2.18. The zero-order valence-electron chi connectivity index (χ0n) is 10.3. The highest BCUT2D eigenvalue weighted by Crippen LogP contribution is 2.28. The molecule has 1 aromatic heterocycles. The third-order valence-corrected chi connectivity index (χ3v) is 4.59. The van der Waals surface area contributed by atoms with Gasteiger partial charge >= 0.3 is 0 Å². The van der Waals surface area contributed by atoms with Crippen molar-refractivity contribution in [1.82, 2.24) is 5.32 Å². The first-order valence-corrected chi connectivity index (χ1v) is 7.55. The Morgan fingerprint density at radius 1 is 1.06 bits per heavy atom. The molecule has 1 nitrogen and oxygen atoms in total. The number of halogens is 1. The molecular weight excluding hydrogens is 341 g/mol. The van der Waals surface area contributed by atoms with Crippen molar-refractivity contribution in [1.29, 1.82) is 0 Å². The van der Waals surface area contributed by atoms with Gasteiger partial charge in [0.2, 0.25) is 0 Å². The van der Waals surface area contributed by atoms with Crippen LogP contribution in [0.2, 0.25) is 0 Å². The van der Waals surface area contributed by atoms with Crippen molar-refractivity contribution in [3.63, 3.8) is 0 Å². The van der Waals surface area contributed by atoms with Crippen LogP contribution in [0.1, 0.15) is 28.3 Å². The molecule has 0 radical (unpaired) electrons. The number of hydrogen-bond donors (Lipinski definition) is 1. The second-order valence-corrected chi connectivity index (χ2v) is 7.13. The van der Waals surface area contributed by atoms with Gasteiger partial charge in [0, 0.05) is 0 Å². The second kappa shape index (κ2) is 5.50. The molecule has 3 heteroatoms. The molecule has 0 spiro atoms. The summed E-state index contributed by atoms with van der Waals surface area (Å²) >= 11 is 4.17. The molecule has 1 N–H and O–H groups in total. The molecule has 0 saturated heterocycles. The fourth-order valence-corrected chi connectivity index (χ4v) is 3.58. The first-order chi connectivity index (χ1) is 8.10. The van der Waals surface area contributed by atoms with E-state index in [1.807, 2.05) is 7.05 Å². The summed E-state index contributed by atoms with van der Waals surface area (Å²) in [6, 6.07) is 9.29. The summed E-state index contributed by atoms with van der Waals surface area (Å²) in [6.07, 6.45) is 0. The Morgan fingerprint density at radius 3 is 2.18 bits per heavy atom. The van der Waals surface area contributed by atoms with E-state index >= 15 is 0 Å². The number of benzene rings is 1. The van der Waals surface area contributed by atoms with Crippen LogP contribution in [-0.4, -0.2) is 7.05 Å². The largest absolute Gasteiger partial charge is 0.309 e. The van der Waals surface area contributed by atoms with Gasteiger partial charge < -0.3 is 5.32 Å². The van der Waals surface area contributed by atoms with Gasteiger partial charge in [0.05, 0.1) is 8.93 Å². The maximum Gasteiger partial charge on any atom is 0.0656 e. The van der Waals surface area contributed by atoms with Crippen LogP contribution >= 0.6 is 33.9 Å². The minimum absolute atomic E-state index is 0.299. The number of aryl methyl sites for hydroxylation is 2. The lowest BCUT2D eigenvalue weighted by molar-refractivity contribution is 0.693. The molecule has 90 valence electrons. The topological polar surface area (TPSA) is 12.0 Å². The molecule has 17 heavy (non-hydrogen) atoms. The molecule has 1 atom stereocenters. The lowest BCUT2D eigenvalue weighted by Gasteiger charge is -2.17. The van der Waals surface area contributed by atoms with Crippen LogP contribution in [-0.2, 0) is 0 Å². The number of hydrogen-bond acceptors (Lipinski definition) is 2. The van der Waals surface area contributed by atoms with Gasteiger partial charge in [-0.3, -0.25) is 0 Å². The minimum atomic E-state index is 0.299. The zero-order chi connectivity index (χ0) is 12.4. The maximum absolute atomic E-state index is 3.41. The lowest BCUT2D eigenvalue weighted by Crippen LogP contribution is -2.17. The van der Waals surface area contributed by atoms with Crippen molar-refractivity contribution in [3.8, 4) is 0 Å². The van der Waals surface area contributed by atoms with E-state index in [0.717, 1.165) is 0 Å². The predicted octanol–water partition coefficient (Wildman–Crippen LogP) is 4.28. The molecule has 1 heterocycles. The average Bonchev–Trinajstić information content (AvgIpc) is 2.64. The third kappa shape index (κ3) is 3.09. The van der Waals surface area contributed by atoms with E-state index in [2.05, 4.69) is 71.4 Å². The predicted molar refractivity (Wildman–Crippen MR) is 83.9 cm³/mol. The monoisotopic (exact) mass is 357 g/mol. The van der Waals surface area contributed by atoms with Gasteiger partial charge in [-0.15, -0.1) is 11.3 Å². The van der Waals surface area contributed by atoms with E-state index in [1.165, 1.54) is 25.1 Å². The van der Waals surface area contributed by atoms with E-state index in [0.29, 0.717) is 6.04 Å². The van der Waals surface area contributed by atoms with Gasteiger partial charge in [0.25, 0.3) is 0 Å². The molecular formula is C14H16INS. The normalized spacial score (nSPS) is 12.7. The molecule has 1 unspecified atom stereocenters. The number of nitrogens with one attached hydrogen (secondary N) is 1. The highest BCUT2D eigenvalue weighted by Gasteiger charge is 2.13. The minimum Gasteiger partial charge on any atom is -0.309 e. The van der Waals surface area contributed by atoms with Crippen LogP contribution in [0, 0.1) is 16.7 Å². The Hall–Kier alpha value is -0.390. The molecule has 0 fully saturated rings. The van der Waals surface area contributed by atoms with Crippen LogP contribution in [0.5, 0.6) is 0 Å². The van der Waals surface area contributed by atoms with Gasteiger partial charge in [0.15, 0.2) is 0 Å². The molecule has 0 bridgehead atoms. The van der Waals surface area contributed by atoms with E-state index in [4.69, 9.17) is 0 Å². The molecule has 0 aliphatic carbocycles. The summed E-state index contributed by atoms with van der Waals surface area (Å²) < 4.78 is 1.34. The Bertz CT molecular complexity index is 498. The van der Waals surface area contributed by atoms with E-state index < -0.39 is 0 Å². The molecule has 0 aliphatic rings. The van der Waals surface area contributed by atoms with Crippen molar-refractivity contribution >= 4 is 33.9 Å². The Balaban J connectivity index is 2.41. The SMILES string of the molecule is CNC(c1cc(C)cc(C)c1)c1csc(I)c1. The highest BCUT2D eigenvalue weighted by molar-refractivity contribution is 14.1. The van der Waals surface area contributed by atoms with E-state index in [-0.39, 0.29) is 0 Å². The quantitative estimate of drug-likeness (QED) is 0.809. The molecule has 2 rings (SSSR count). The van der Waals surface area contributed by atoms with Gasteiger partial charge in [-0.2, -0.15) is 0 Å². The highest BCUT2D eigenvalue weighted by atomic mass is 127. The van der Waals surface area contributed by atoms with Crippen molar-refractivity contribution in [2.45, 2.75) is 19.9 Å². The van der Waals surface area contributed by atoms with Crippen molar-refractivity contribution < 1.29 is 0 Å². The lowest BCUT2D eigenvalue weighted by atomic mass is 9.98. The first kappa shape index (κ1) is 13.1. The average molecular weight is 357 g/mol. The van der Waals surface area contributed by atoms with Crippen molar-refractivity contribution in [2.75, 3.05) is 7.05 Å². The maximum atomic E-state index is 3.41. The van der Waals surface area contributed by atoms with Gasteiger partial charge in [-0.05, 0) is 66.1 Å². The summed E-state index contributed by atoms with van der Waals surface area (Å²) in [5.41, 5.74) is 5.35. The third-order valence-electron chi connectivity index (χ3n) is 2.79. The summed E-state index contributed by atoms with van der Waals surface area (Å²) in [4.78, 5) is 0. The number of rotatable bonds is 3. The Labute approximate surface area is 120 Å². The Morgan fingerprint density at radius 2 is 1.71 bits per heavy atom. The standard InChI is InChI=1S/C14H16INS/c1-9-4-10(2)6-11(5-9)14(16-3)12-7-13(15)17-8-12/h4-8,14,16H,1-3H3. The van der Waals surface area contributed by atoms with E-state index in [9.17, 15) is 0 Å². The summed E-state index contributed by atoms with van der Waals surface area (Å²) in [5.74, 6) is 0. The van der Waals surface area contributed by atoms with Crippen molar-refractivity contribution in [2.24, 2.45) is 0 Å². The Kier molecular flexibility index (Phi) is 4.22. The molecule has 0 aliphatic heterocycles. The first-order valence-electron chi connectivity index (χ1n) is 5.59. The van der Waals surface area contributed by atoms with Gasteiger partial charge in [0.1, 0.15) is 0 Å². The molecule has 2 aromatic rings. The second-order valence-electron chi connectivity index (χ2n) is 4.33. The smallest absolute Gasteiger partial charge is 0.0656 e. The number of thiophene rings is 1. The zero-order valence-corrected chi connectivity index (χ0v) is 13.2. The summed E-state index contributed by atoms with van der Waals surface area (Å²) in [7, 11) is 2.02. The van der Waals surface area contributed by atoms with Crippen LogP contribution < -0.4 is 5.32 Å². The van der Waals surface area contributed by atoms with Gasteiger partial charge in [-0.25, -0.2) is 0 Å². The molecule has 0 amide bonds. The van der Waals surface area contributed by atoms with Crippen LogP contribution in [0.3, 0.4) is 0 Å². The fraction of sp³-hybridized carbons (Fsp3) is 0.286. The van der Waals surface area contributed by atoms with Crippen molar-refractivity contribution in [3.05, 3.63) is 54.8 Å².